The molecular weight excluding hydrogens is 325 g/mol. The molecule has 1 aliphatic rings. The maximum Gasteiger partial charge on any atom is 0.269 e. The molecule has 0 spiro atoms. The van der Waals surface area contributed by atoms with Crippen molar-refractivity contribution in [1.82, 2.24) is 10.2 Å². The van der Waals surface area contributed by atoms with Crippen LogP contribution in [0.4, 0.5) is 10.1 Å². The standard InChI is InChI=1S/C18H18FN3O3/c1-12-9-15(22(24)25)5-6-16(12)18(23)21-8-7-20-11-17(21)13-3-2-4-14(19)10-13/h2-6,9-10,17,20H,7-8,11H2,1H3. The van der Waals surface area contributed by atoms with E-state index in [4.69, 9.17) is 0 Å². The van der Waals surface area contributed by atoms with Crippen molar-refractivity contribution in [2.45, 2.75) is 13.0 Å². The SMILES string of the molecule is Cc1cc([N+](=O)[O-])ccc1C(=O)N1CCNCC1c1cccc(F)c1. The van der Waals surface area contributed by atoms with Gasteiger partial charge >= 0.3 is 0 Å². The van der Waals surface area contributed by atoms with Gasteiger partial charge in [-0.15, -0.1) is 0 Å². The molecule has 1 unspecified atom stereocenters. The first-order chi connectivity index (χ1) is 12.0. The van der Waals surface area contributed by atoms with Crippen molar-refractivity contribution in [3.63, 3.8) is 0 Å². The normalized spacial score (nSPS) is 17.4. The van der Waals surface area contributed by atoms with Crippen molar-refractivity contribution in [2.75, 3.05) is 19.6 Å². The lowest BCUT2D eigenvalue weighted by atomic mass is 10.00. The number of benzene rings is 2. The number of nitro groups is 1. The van der Waals surface area contributed by atoms with Gasteiger partial charge in [0.05, 0.1) is 11.0 Å². The number of rotatable bonds is 3. The Morgan fingerprint density at radius 3 is 2.80 bits per heavy atom. The highest BCUT2D eigenvalue weighted by atomic mass is 19.1. The highest BCUT2D eigenvalue weighted by molar-refractivity contribution is 5.96. The molecule has 2 aromatic rings. The smallest absolute Gasteiger partial charge is 0.269 e. The minimum Gasteiger partial charge on any atom is -0.329 e. The van der Waals surface area contributed by atoms with Gasteiger partial charge in [-0.3, -0.25) is 14.9 Å². The molecule has 1 N–H and O–H groups in total. The maximum absolute atomic E-state index is 13.6. The first-order valence-electron chi connectivity index (χ1n) is 7.99. The molecule has 130 valence electrons. The molecule has 1 atom stereocenters. The monoisotopic (exact) mass is 343 g/mol. The highest BCUT2D eigenvalue weighted by Gasteiger charge is 2.29. The van der Waals surface area contributed by atoms with Crippen molar-refractivity contribution >= 4 is 11.6 Å². The number of nitrogens with one attached hydrogen (secondary N) is 1. The molecule has 25 heavy (non-hydrogen) atoms. The Balaban J connectivity index is 1.92. The van der Waals surface area contributed by atoms with Crippen molar-refractivity contribution in [3.8, 4) is 0 Å². The summed E-state index contributed by atoms with van der Waals surface area (Å²) in [6.07, 6.45) is 0. The summed E-state index contributed by atoms with van der Waals surface area (Å²) in [6.45, 7) is 3.33. The summed E-state index contributed by atoms with van der Waals surface area (Å²) in [4.78, 5) is 25.1. The molecule has 0 radical (unpaired) electrons. The molecular formula is C18H18FN3O3. The van der Waals surface area contributed by atoms with E-state index < -0.39 is 4.92 Å². The molecule has 0 aromatic heterocycles. The number of hydrogen-bond acceptors (Lipinski definition) is 4. The molecule has 0 aliphatic carbocycles. The third-order valence-corrected chi connectivity index (χ3v) is 4.39. The number of amides is 1. The number of nitrogens with zero attached hydrogens (tertiary/aromatic N) is 2. The van der Waals surface area contributed by atoms with Gasteiger partial charge in [0.2, 0.25) is 0 Å². The van der Waals surface area contributed by atoms with E-state index in [2.05, 4.69) is 5.32 Å². The Bertz CT molecular complexity index is 825. The molecule has 0 saturated carbocycles. The van der Waals surface area contributed by atoms with E-state index in [9.17, 15) is 19.3 Å². The largest absolute Gasteiger partial charge is 0.329 e. The number of halogens is 1. The Morgan fingerprint density at radius 2 is 2.12 bits per heavy atom. The molecule has 6 nitrogen and oxygen atoms in total. The van der Waals surface area contributed by atoms with Crippen LogP contribution in [-0.4, -0.2) is 35.4 Å². The van der Waals surface area contributed by atoms with Crippen LogP contribution in [0.5, 0.6) is 0 Å². The Kier molecular flexibility index (Phi) is 4.76. The molecule has 7 heteroatoms. The summed E-state index contributed by atoms with van der Waals surface area (Å²) in [5.41, 5.74) is 1.65. The second kappa shape index (κ2) is 6.98. The highest BCUT2D eigenvalue weighted by Crippen LogP contribution is 2.26. The predicted octanol–water partition coefficient (Wildman–Crippen LogP) is 2.83. The fourth-order valence-electron chi connectivity index (χ4n) is 3.12. The van der Waals surface area contributed by atoms with E-state index >= 15 is 0 Å². The average Bonchev–Trinajstić information content (AvgIpc) is 2.61. The van der Waals surface area contributed by atoms with E-state index in [1.807, 2.05) is 0 Å². The van der Waals surface area contributed by atoms with E-state index in [0.29, 0.717) is 30.8 Å². The van der Waals surface area contributed by atoms with Crippen LogP contribution >= 0.6 is 0 Å². The lowest BCUT2D eigenvalue weighted by molar-refractivity contribution is -0.384. The molecule has 0 bridgehead atoms. The first kappa shape index (κ1) is 17.0. The number of carbonyl (C=O) groups is 1. The molecule has 1 aliphatic heterocycles. The van der Waals surface area contributed by atoms with Crippen LogP contribution in [0.3, 0.4) is 0 Å². The molecule has 2 aromatic carbocycles. The maximum atomic E-state index is 13.6. The van der Waals surface area contributed by atoms with Gasteiger partial charge in [-0.1, -0.05) is 12.1 Å². The number of non-ortho nitro benzene ring substituents is 1. The van der Waals surface area contributed by atoms with E-state index in [1.165, 1.54) is 30.3 Å². The van der Waals surface area contributed by atoms with Crippen LogP contribution in [0.25, 0.3) is 0 Å². The Morgan fingerprint density at radius 1 is 1.32 bits per heavy atom. The first-order valence-corrected chi connectivity index (χ1v) is 7.99. The fraction of sp³-hybridized carbons (Fsp3) is 0.278. The third kappa shape index (κ3) is 3.51. The second-order valence-electron chi connectivity index (χ2n) is 6.03. The van der Waals surface area contributed by atoms with Gasteiger partial charge in [-0.05, 0) is 36.2 Å². The van der Waals surface area contributed by atoms with Gasteiger partial charge < -0.3 is 10.2 Å². The number of aryl methyl sites for hydroxylation is 1. The quantitative estimate of drug-likeness (QED) is 0.687. The molecule has 3 rings (SSSR count). The minimum absolute atomic E-state index is 0.0453. The molecule has 1 heterocycles. The van der Waals surface area contributed by atoms with E-state index in [0.717, 1.165) is 5.56 Å². The van der Waals surface area contributed by atoms with Crippen LogP contribution in [0.1, 0.15) is 27.5 Å². The Labute approximate surface area is 144 Å². The summed E-state index contributed by atoms with van der Waals surface area (Å²) in [5, 5.41) is 14.1. The Hall–Kier alpha value is -2.80. The van der Waals surface area contributed by atoms with Crippen molar-refractivity contribution in [3.05, 3.63) is 75.1 Å². The van der Waals surface area contributed by atoms with Crippen LogP contribution in [-0.2, 0) is 0 Å². The van der Waals surface area contributed by atoms with Crippen LogP contribution in [0, 0.1) is 22.9 Å². The zero-order chi connectivity index (χ0) is 18.0. The van der Waals surface area contributed by atoms with Crippen molar-refractivity contribution < 1.29 is 14.1 Å². The van der Waals surface area contributed by atoms with Crippen LogP contribution < -0.4 is 5.32 Å². The number of carbonyl (C=O) groups excluding carboxylic acids is 1. The van der Waals surface area contributed by atoms with Gasteiger partial charge in [-0.2, -0.15) is 0 Å². The van der Waals surface area contributed by atoms with Crippen LogP contribution in [0.15, 0.2) is 42.5 Å². The topological polar surface area (TPSA) is 75.5 Å². The summed E-state index contributed by atoms with van der Waals surface area (Å²) in [5.74, 6) is -0.551. The van der Waals surface area contributed by atoms with E-state index in [1.54, 1.807) is 24.0 Å². The average molecular weight is 343 g/mol. The molecule has 1 saturated heterocycles. The molecule has 1 fully saturated rings. The summed E-state index contributed by atoms with van der Waals surface area (Å²) >= 11 is 0. The molecule has 1 amide bonds. The number of piperazine rings is 1. The van der Waals surface area contributed by atoms with E-state index in [-0.39, 0.29) is 23.5 Å². The summed E-state index contributed by atoms with van der Waals surface area (Å²) in [6, 6.07) is 10.1. The zero-order valence-electron chi connectivity index (χ0n) is 13.7. The summed E-state index contributed by atoms with van der Waals surface area (Å²) in [7, 11) is 0. The lowest BCUT2D eigenvalue weighted by Crippen LogP contribution is -2.48. The van der Waals surface area contributed by atoms with Gasteiger partial charge in [0.25, 0.3) is 11.6 Å². The van der Waals surface area contributed by atoms with Gasteiger partial charge in [0.15, 0.2) is 0 Å². The van der Waals surface area contributed by atoms with Crippen molar-refractivity contribution in [1.29, 1.82) is 0 Å². The number of nitro benzene ring substituents is 1. The predicted molar refractivity (Wildman–Crippen MR) is 90.9 cm³/mol. The third-order valence-electron chi connectivity index (χ3n) is 4.39. The van der Waals surface area contributed by atoms with Gasteiger partial charge in [-0.25, -0.2) is 4.39 Å². The van der Waals surface area contributed by atoms with Crippen LogP contribution in [0.2, 0.25) is 0 Å². The minimum atomic E-state index is -0.485. The number of hydrogen-bond donors (Lipinski definition) is 1. The fourth-order valence-corrected chi connectivity index (χ4v) is 3.12. The zero-order valence-corrected chi connectivity index (χ0v) is 13.7. The second-order valence-corrected chi connectivity index (χ2v) is 6.03. The lowest BCUT2D eigenvalue weighted by Gasteiger charge is -2.37. The van der Waals surface area contributed by atoms with Crippen molar-refractivity contribution in [2.24, 2.45) is 0 Å². The van der Waals surface area contributed by atoms with Gasteiger partial charge in [0, 0.05) is 37.3 Å². The summed E-state index contributed by atoms with van der Waals surface area (Å²) < 4.78 is 13.6. The van der Waals surface area contributed by atoms with Gasteiger partial charge in [0.1, 0.15) is 5.82 Å².